The molecule has 1 aliphatic rings. The molecule has 22 heavy (non-hydrogen) atoms. The van der Waals surface area contributed by atoms with E-state index in [1.807, 2.05) is 25.4 Å². The number of hydrogen-bond donors (Lipinski definition) is 1. The number of carbonyl (C=O) groups is 1. The van der Waals surface area contributed by atoms with Crippen molar-refractivity contribution in [1.82, 2.24) is 15.2 Å². The lowest BCUT2D eigenvalue weighted by atomic mass is 9.90. The Morgan fingerprint density at radius 3 is 2.68 bits per heavy atom. The Kier molecular flexibility index (Phi) is 5.37. The SMILES string of the molecule is CC(C)C(C)(C#N)NC(=O)CN1CCN(c2nccs2)CC1. The Morgan fingerprint density at radius 2 is 2.18 bits per heavy atom. The summed E-state index contributed by atoms with van der Waals surface area (Å²) in [7, 11) is 0. The molecule has 1 unspecified atom stereocenters. The standard InChI is InChI=1S/C15H23N5OS/c1-12(2)15(3,11-16)18-13(21)10-19-5-7-20(8-6-19)14-17-4-9-22-14/h4,9,12H,5-8,10H2,1-3H3,(H,18,21). The predicted molar refractivity (Wildman–Crippen MR) is 87.8 cm³/mol. The van der Waals surface area contributed by atoms with Crippen LogP contribution in [0.2, 0.25) is 0 Å². The van der Waals surface area contributed by atoms with Crippen LogP contribution in [0.1, 0.15) is 20.8 Å². The summed E-state index contributed by atoms with van der Waals surface area (Å²) in [6, 6.07) is 2.21. The van der Waals surface area contributed by atoms with Crippen LogP contribution in [0.15, 0.2) is 11.6 Å². The molecule has 1 aromatic rings. The number of nitrogens with one attached hydrogen (secondary N) is 1. The Bertz CT molecular complexity index is 531. The first kappa shape index (κ1) is 16.7. The van der Waals surface area contributed by atoms with Gasteiger partial charge in [-0.25, -0.2) is 4.98 Å². The fourth-order valence-corrected chi connectivity index (χ4v) is 3.00. The van der Waals surface area contributed by atoms with Gasteiger partial charge in [-0.05, 0) is 12.8 Å². The van der Waals surface area contributed by atoms with Gasteiger partial charge in [-0.1, -0.05) is 13.8 Å². The van der Waals surface area contributed by atoms with E-state index in [0.717, 1.165) is 31.3 Å². The summed E-state index contributed by atoms with van der Waals surface area (Å²) < 4.78 is 0. The van der Waals surface area contributed by atoms with Crippen molar-refractivity contribution in [3.05, 3.63) is 11.6 Å². The fourth-order valence-electron chi connectivity index (χ4n) is 2.30. The lowest BCUT2D eigenvalue weighted by Gasteiger charge is -2.35. The van der Waals surface area contributed by atoms with Gasteiger partial charge in [0.15, 0.2) is 5.13 Å². The lowest BCUT2D eigenvalue weighted by Crippen LogP contribution is -2.54. The van der Waals surface area contributed by atoms with Gasteiger partial charge >= 0.3 is 0 Å². The molecule has 2 heterocycles. The summed E-state index contributed by atoms with van der Waals surface area (Å²) in [5.41, 5.74) is -0.806. The molecule has 1 amide bonds. The fraction of sp³-hybridized carbons (Fsp3) is 0.667. The first-order chi connectivity index (χ1) is 10.4. The zero-order chi connectivity index (χ0) is 16.2. The minimum absolute atomic E-state index is 0.0724. The van der Waals surface area contributed by atoms with Crippen molar-refractivity contribution >= 4 is 22.4 Å². The molecule has 1 N–H and O–H groups in total. The van der Waals surface area contributed by atoms with Crippen LogP contribution in [0.25, 0.3) is 0 Å². The molecule has 0 radical (unpaired) electrons. The van der Waals surface area contributed by atoms with E-state index < -0.39 is 5.54 Å². The molecular formula is C15H23N5OS. The zero-order valence-corrected chi connectivity index (χ0v) is 14.2. The Balaban J connectivity index is 1.81. The largest absolute Gasteiger partial charge is 0.346 e. The molecule has 120 valence electrons. The Morgan fingerprint density at radius 1 is 1.50 bits per heavy atom. The number of piperazine rings is 1. The molecule has 6 nitrogen and oxygen atoms in total. The third kappa shape index (κ3) is 3.96. The Hall–Kier alpha value is -1.65. The molecule has 1 aliphatic heterocycles. The third-order valence-corrected chi connectivity index (χ3v) is 5.05. The maximum Gasteiger partial charge on any atom is 0.235 e. The van der Waals surface area contributed by atoms with Gasteiger partial charge in [-0.3, -0.25) is 9.69 Å². The second-order valence-electron chi connectivity index (χ2n) is 6.09. The number of rotatable bonds is 5. The highest BCUT2D eigenvalue weighted by molar-refractivity contribution is 7.13. The number of hydrogen-bond acceptors (Lipinski definition) is 6. The van der Waals surface area contributed by atoms with Gasteiger partial charge < -0.3 is 10.2 Å². The highest BCUT2D eigenvalue weighted by Crippen LogP contribution is 2.19. The van der Waals surface area contributed by atoms with Gasteiger partial charge in [0.25, 0.3) is 0 Å². The van der Waals surface area contributed by atoms with E-state index in [4.69, 9.17) is 0 Å². The minimum Gasteiger partial charge on any atom is -0.346 e. The quantitative estimate of drug-likeness (QED) is 0.885. The second kappa shape index (κ2) is 7.07. The van der Waals surface area contributed by atoms with Crippen molar-refractivity contribution in [2.45, 2.75) is 26.3 Å². The van der Waals surface area contributed by atoms with Crippen molar-refractivity contribution in [3.63, 3.8) is 0 Å². The molecule has 1 fully saturated rings. The summed E-state index contributed by atoms with van der Waals surface area (Å²) in [5, 5.41) is 15.1. The normalized spacial score (nSPS) is 18.8. The molecule has 0 saturated carbocycles. The monoisotopic (exact) mass is 321 g/mol. The van der Waals surface area contributed by atoms with Gasteiger partial charge in [-0.15, -0.1) is 11.3 Å². The second-order valence-corrected chi connectivity index (χ2v) is 6.97. The van der Waals surface area contributed by atoms with Gasteiger partial charge in [0.05, 0.1) is 12.6 Å². The number of thiazole rings is 1. The van der Waals surface area contributed by atoms with Crippen molar-refractivity contribution in [2.24, 2.45) is 5.92 Å². The van der Waals surface area contributed by atoms with Crippen LogP contribution in [0.4, 0.5) is 5.13 Å². The van der Waals surface area contributed by atoms with E-state index in [1.54, 1.807) is 18.3 Å². The number of anilines is 1. The van der Waals surface area contributed by atoms with Gasteiger partial charge in [-0.2, -0.15) is 5.26 Å². The van der Waals surface area contributed by atoms with Crippen LogP contribution >= 0.6 is 11.3 Å². The summed E-state index contributed by atoms with van der Waals surface area (Å²) in [6.45, 7) is 9.41. The van der Waals surface area contributed by atoms with E-state index in [1.165, 1.54) is 0 Å². The van der Waals surface area contributed by atoms with Crippen LogP contribution in [0.5, 0.6) is 0 Å². The lowest BCUT2D eigenvalue weighted by molar-refractivity contribution is -0.124. The van der Waals surface area contributed by atoms with Crippen LogP contribution < -0.4 is 10.2 Å². The number of nitriles is 1. The van der Waals surface area contributed by atoms with E-state index in [-0.39, 0.29) is 11.8 Å². The van der Waals surface area contributed by atoms with Gasteiger partial charge in [0, 0.05) is 37.8 Å². The smallest absolute Gasteiger partial charge is 0.235 e. The number of nitrogens with zero attached hydrogens (tertiary/aromatic N) is 4. The van der Waals surface area contributed by atoms with E-state index >= 15 is 0 Å². The highest BCUT2D eigenvalue weighted by Gasteiger charge is 2.30. The first-order valence-corrected chi connectivity index (χ1v) is 8.41. The average molecular weight is 321 g/mol. The van der Waals surface area contributed by atoms with E-state index in [0.29, 0.717) is 6.54 Å². The maximum absolute atomic E-state index is 12.2. The summed E-state index contributed by atoms with van der Waals surface area (Å²) >= 11 is 1.64. The van der Waals surface area contributed by atoms with E-state index in [9.17, 15) is 10.1 Å². The van der Waals surface area contributed by atoms with Crippen LogP contribution in [0.3, 0.4) is 0 Å². The Labute approximate surface area is 135 Å². The summed E-state index contributed by atoms with van der Waals surface area (Å²) in [5.74, 6) is -0.0105. The highest BCUT2D eigenvalue weighted by atomic mass is 32.1. The maximum atomic E-state index is 12.2. The molecule has 1 atom stereocenters. The van der Waals surface area contributed by atoms with Crippen LogP contribution in [-0.4, -0.2) is 54.1 Å². The van der Waals surface area contributed by atoms with Crippen molar-refractivity contribution in [2.75, 3.05) is 37.6 Å². The molecule has 0 spiro atoms. The molecular weight excluding hydrogens is 298 g/mol. The molecule has 0 aromatic carbocycles. The van der Waals surface area contributed by atoms with Gasteiger partial charge in [0.1, 0.15) is 5.54 Å². The summed E-state index contributed by atoms with van der Waals surface area (Å²) in [4.78, 5) is 20.9. The van der Waals surface area contributed by atoms with Crippen molar-refractivity contribution in [3.8, 4) is 6.07 Å². The first-order valence-electron chi connectivity index (χ1n) is 7.53. The zero-order valence-electron chi connectivity index (χ0n) is 13.4. The minimum atomic E-state index is -0.806. The topological polar surface area (TPSA) is 72.3 Å². The summed E-state index contributed by atoms with van der Waals surface area (Å²) in [6.07, 6.45) is 1.81. The third-order valence-electron chi connectivity index (χ3n) is 4.22. The molecule has 1 saturated heterocycles. The molecule has 2 rings (SSSR count). The number of amides is 1. The molecule has 1 aromatic heterocycles. The number of carbonyl (C=O) groups excluding carboxylic acids is 1. The van der Waals surface area contributed by atoms with Crippen molar-refractivity contribution in [1.29, 1.82) is 5.26 Å². The molecule has 7 heteroatoms. The average Bonchev–Trinajstić information content (AvgIpc) is 3.01. The van der Waals surface area contributed by atoms with Crippen LogP contribution in [-0.2, 0) is 4.79 Å². The predicted octanol–water partition coefficient (Wildman–Crippen LogP) is 1.32. The van der Waals surface area contributed by atoms with Crippen LogP contribution in [0, 0.1) is 17.2 Å². The number of aromatic nitrogens is 1. The molecule has 0 aliphatic carbocycles. The molecule has 0 bridgehead atoms. The van der Waals surface area contributed by atoms with Gasteiger partial charge in [0.2, 0.25) is 5.91 Å². The van der Waals surface area contributed by atoms with E-state index in [2.05, 4.69) is 26.2 Å². The van der Waals surface area contributed by atoms with Crippen molar-refractivity contribution < 1.29 is 4.79 Å².